The highest BCUT2D eigenvalue weighted by molar-refractivity contribution is 6.34. The highest BCUT2D eigenvalue weighted by Crippen LogP contribution is 2.34. The van der Waals surface area contributed by atoms with Crippen LogP contribution in [-0.4, -0.2) is 16.3 Å². The Labute approximate surface area is 136 Å². The molecular formula is C16H10ClN3O3. The molecule has 0 fully saturated rings. The fourth-order valence-corrected chi connectivity index (χ4v) is 2.46. The number of non-ortho nitro benzene ring substituents is 1. The SMILES string of the molecule is O=CN(c1cnc2ccccc2c1)c1cc([N+](=O)[O-])ccc1Cl. The molecule has 114 valence electrons. The van der Waals surface area contributed by atoms with Crippen LogP contribution in [-0.2, 0) is 4.79 Å². The first-order valence-corrected chi connectivity index (χ1v) is 7.01. The van der Waals surface area contributed by atoms with Crippen LogP contribution in [0.3, 0.4) is 0 Å². The molecule has 3 rings (SSSR count). The smallest absolute Gasteiger partial charge is 0.271 e. The van der Waals surface area contributed by atoms with Gasteiger partial charge in [0, 0.05) is 17.5 Å². The molecule has 0 unspecified atom stereocenters. The summed E-state index contributed by atoms with van der Waals surface area (Å²) in [5.41, 5.74) is 1.34. The molecule has 0 N–H and O–H groups in total. The van der Waals surface area contributed by atoms with Gasteiger partial charge < -0.3 is 0 Å². The fourth-order valence-electron chi connectivity index (χ4n) is 2.25. The molecule has 0 spiro atoms. The molecule has 0 radical (unpaired) electrons. The Hall–Kier alpha value is -2.99. The van der Waals surface area contributed by atoms with Crippen LogP contribution in [0.25, 0.3) is 10.9 Å². The van der Waals surface area contributed by atoms with Gasteiger partial charge in [0.1, 0.15) is 0 Å². The summed E-state index contributed by atoms with van der Waals surface area (Å²) in [4.78, 5) is 27.5. The largest absolute Gasteiger partial charge is 0.280 e. The minimum atomic E-state index is -0.540. The van der Waals surface area contributed by atoms with Crippen molar-refractivity contribution in [1.29, 1.82) is 0 Å². The van der Waals surface area contributed by atoms with E-state index in [-0.39, 0.29) is 16.4 Å². The van der Waals surface area contributed by atoms with Crippen LogP contribution >= 0.6 is 11.6 Å². The van der Waals surface area contributed by atoms with E-state index in [1.807, 2.05) is 24.3 Å². The lowest BCUT2D eigenvalue weighted by Crippen LogP contribution is -2.15. The van der Waals surface area contributed by atoms with Gasteiger partial charge in [0.05, 0.1) is 33.0 Å². The van der Waals surface area contributed by atoms with Crippen LogP contribution in [0.1, 0.15) is 0 Å². The molecule has 6 nitrogen and oxygen atoms in total. The molecule has 3 aromatic rings. The fraction of sp³-hybridized carbons (Fsp3) is 0. The summed E-state index contributed by atoms with van der Waals surface area (Å²) in [5.74, 6) is 0. The van der Waals surface area contributed by atoms with Gasteiger partial charge in [0.15, 0.2) is 0 Å². The zero-order valence-electron chi connectivity index (χ0n) is 11.7. The molecule has 0 aliphatic rings. The van der Waals surface area contributed by atoms with Crippen LogP contribution in [0.5, 0.6) is 0 Å². The van der Waals surface area contributed by atoms with Crippen molar-refractivity contribution in [2.75, 3.05) is 4.90 Å². The van der Waals surface area contributed by atoms with Gasteiger partial charge in [0.2, 0.25) is 6.41 Å². The molecule has 1 heterocycles. The third-order valence-electron chi connectivity index (χ3n) is 3.36. The Morgan fingerprint density at radius 1 is 1.17 bits per heavy atom. The number of fused-ring (bicyclic) bond motifs is 1. The lowest BCUT2D eigenvalue weighted by Gasteiger charge is -2.18. The summed E-state index contributed by atoms with van der Waals surface area (Å²) in [7, 11) is 0. The number of nitro benzene ring substituents is 1. The number of nitro groups is 1. The number of anilines is 2. The quantitative estimate of drug-likeness (QED) is 0.411. The first kappa shape index (κ1) is 14.9. The van der Waals surface area contributed by atoms with Crippen molar-refractivity contribution >= 4 is 46.0 Å². The molecule has 0 bridgehead atoms. The van der Waals surface area contributed by atoms with E-state index in [2.05, 4.69) is 4.98 Å². The second-order valence-electron chi connectivity index (χ2n) is 4.75. The van der Waals surface area contributed by atoms with E-state index >= 15 is 0 Å². The van der Waals surface area contributed by atoms with Crippen molar-refractivity contribution in [2.24, 2.45) is 0 Å². The number of carbonyl (C=O) groups is 1. The number of carbonyl (C=O) groups excluding carboxylic acids is 1. The maximum atomic E-state index is 11.5. The van der Waals surface area contributed by atoms with Gasteiger partial charge >= 0.3 is 0 Å². The Balaban J connectivity index is 2.13. The van der Waals surface area contributed by atoms with Gasteiger partial charge in [-0.25, -0.2) is 0 Å². The lowest BCUT2D eigenvalue weighted by atomic mass is 10.2. The molecule has 0 atom stereocenters. The molecule has 7 heteroatoms. The minimum absolute atomic E-state index is 0.148. The monoisotopic (exact) mass is 327 g/mol. The van der Waals surface area contributed by atoms with Crippen molar-refractivity contribution in [3.63, 3.8) is 0 Å². The molecule has 1 aromatic heterocycles. The van der Waals surface area contributed by atoms with E-state index in [1.54, 1.807) is 6.07 Å². The maximum absolute atomic E-state index is 11.5. The van der Waals surface area contributed by atoms with Crippen LogP contribution in [0.4, 0.5) is 17.1 Å². The van der Waals surface area contributed by atoms with Crippen LogP contribution in [0, 0.1) is 10.1 Å². The molecule has 0 saturated heterocycles. The summed E-state index contributed by atoms with van der Waals surface area (Å²) in [6.07, 6.45) is 2.07. The van der Waals surface area contributed by atoms with Crippen molar-refractivity contribution in [1.82, 2.24) is 4.98 Å². The zero-order chi connectivity index (χ0) is 16.4. The molecule has 0 aliphatic carbocycles. The van der Waals surface area contributed by atoms with Crippen LogP contribution < -0.4 is 4.90 Å². The first-order chi connectivity index (χ1) is 11.1. The van der Waals surface area contributed by atoms with E-state index in [9.17, 15) is 14.9 Å². The third-order valence-corrected chi connectivity index (χ3v) is 3.68. The topological polar surface area (TPSA) is 76.3 Å². The Morgan fingerprint density at radius 2 is 1.96 bits per heavy atom. The van der Waals surface area contributed by atoms with E-state index in [0.717, 1.165) is 10.9 Å². The summed E-state index contributed by atoms with van der Waals surface area (Å²) >= 11 is 6.10. The average molecular weight is 328 g/mol. The first-order valence-electron chi connectivity index (χ1n) is 6.63. The normalized spacial score (nSPS) is 10.5. The number of aromatic nitrogens is 1. The number of rotatable bonds is 4. The Bertz CT molecular complexity index is 914. The average Bonchev–Trinajstić information content (AvgIpc) is 2.57. The third kappa shape index (κ3) is 2.84. The van der Waals surface area contributed by atoms with Gasteiger partial charge in [-0.05, 0) is 18.2 Å². The summed E-state index contributed by atoms with van der Waals surface area (Å²) < 4.78 is 0. The van der Waals surface area contributed by atoms with E-state index in [0.29, 0.717) is 12.1 Å². The number of benzene rings is 2. The summed E-state index contributed by atoms with van der Waals surface area (Å²) in [5, 5.41) is 12.0. The van der Waals surface area contributed by atoms with Gasteiger partial charge in [-0.3, -0.25) is 24.8 Å². The van der Waals surface area contributed by atoms with E-state index < -0.39 is 4.92 Å². The van der Waals surface area contributed by atoms with Crippen molar-refractivity contribution in [2.45, 2.75) is 0 Å². The highest BCUT2D eigenvalue weighted by atomic mass is 35.5. The predicted octanol–water partition coefficient (Wildman–Crippen LogP) is 4.09. The molecule has 0 aliphatic heterocycles. The van der Waals surface area contributed by atoms with Crippen molar-refractivity contribution in [3.8, 4) is 0 Å². The molecule has 0 saturated carbocycles. The second-order valence-corrected chi connectivity index (χ2v) is 5.16. The predicted molar refractivity (Wildman–Crippen MR) is 88.1 cm³/mol. The van der Waals surface area contributed by atoms with E-state index in [4.69, 9.17) is 11.6 Å². The van der Waals surface area contributed by atoms with E-state index in [1.165, 1.54) is 29.3 Å². The van der Waals surface area contributed by atoms with Gasteiger partial charge in [-0.15, -0.1) is 0 Å². The number of nitrogens with zero attached hydrogens (tertiary/aromatic N) is 3. The molecule has 23 heavy (non-hydrogen) atoms. The Morgan fingerprint density at radius 3 is 2.70 bits per heavy atom. The molecule has 2 aromatic carbocycles. The summed E-state index contributed by atoms with van der Waals surface area (Å²) in [6.45, 7) is 0. The van der Waals surface area contributed by atoms with Crippen molar-refractivity contribution in [3.05, 3.63) is 69.9 Å². The number of amides is 1. The number of hydrogen-bond donors (Lipinski definition) is 0. The number of pyridine rings is 1. The summed E-state index contributed by atoms with van der Waals surface area (Å²) in [6, 6.07) is 13.1. The minimum Gasteiger partial charge on any atom is -0.280 e. The lowest BCUT2D eigenvalue weighted by molar-refractivity contribution is -0.384. The highest BCUT2D eigenvalue weighted by Gasteiger charge is 2.17. The molecule has 1 amide bonds. The number of halogens is 1. The van der Waals surface area contributed by atoms with Crippen LogP contribution in [0.2, 0.25) is 5.02 Å². The standard InChI is InChI=1S/C16H10ClN3O3/c17-14-6-5-12(20(22)23)8-16(14)19(10-21)13-7-11-3-1-2-4-15(11)18-9-13/h1-10H. The van der Waals surface area contributed by atoms with Gasteiger partial charge in [-0.2, -0.15) is 0 Å². The maximum Gasteiger partial charge on any atom is 0.271 e. The molecular weight excluding hydrogens is 318 g/mol. The number of para-hydroxylation sites is 1. The number of hydrogen-bond acceptors (Lipinski definition) is 4. The van der Waals surface area contributed by atoms with Crippen molar-refractivity contribution < 1.29 is 9.72 Å². The zero-order valence-corrected chi connectivity index (χ0v) is 12.5. The second kappa shape index (κ2) is 6.02. The van der Waals surface area contributed by atoms with Crippen LogP contribution in [0.15, 0.2) is 54.7 Å². The van der Waals surface area contributed by atoms with Gasteiger partial charge in [0.25, 0.3) is 5.69 Å². The Kier molecular flexibility index (Phi) is 3.91. The van der Waals surface area contributed by atoms with Gasteiger partial charge in [-0.1, -0.05) is 29.8 Å².